The lowest BCUT2D eigenvalue weighted by molar-refractivity contribution is -0.128. The van der Waals surface area contributed by atoms with Crippen molar-refractivity contribution in [3.05, 3.63) is 54.0 Å². The van der Waals surface area contributed by atoms with Gasteiger partial charge >= 0.3 is 0 Å². The van der Waals surface area contributed by atoms with E-state index >= 15 is 0 Å². The first-order valence-corrected chi connectivity index (χ1v) is 9.86. The van der Waals surface area contributed by atoms with Crippen LogP contribution in [0.25, 0.3) is 11.2 Å². The largest absolute Gasteiger partial charge is 0.337 e. The zero-order chi connectivity index (χ0) is 21.8. The van der Waals surface area contributed by atoms with Crippen LogP contribution in [0.5, 0.6) is 0 Å². The van der Waals surface area contributed by atoms with Gasteiger partial charge in [0.05, 0.1) is 23.2 Å². The molecule has 3 rings (SSSR count). The Hall–Kier alpha value is -3.26. The molecule has 0 aliphatic heterocycles. The zero-order valence-electron chi connectivity index (χ0n) is 17.1. The van der Waals surface area contributed by atoms with Crippen molar-refractivity contribution in [1.29, 1.82) is 0 Å². The number of imidazole rings is 1. The van der Waals surface area contributed by atoms with E-state index in [9.17, 15) is 9.59 Å². The van der Waals surface area contributed by atoms with Gasteiger partial charge in [0.25, 0.3) is 5.91 Å². The van der Waals surface area contributed by atoms with Gasteiger partial charge in [0.1, 0.15) is 5.52 Å². The maximum Gasteiger partial charge on any atom is 0.255 e. The van der Waals surface area contributed by atoms with Crippen molar-refractivity contribution in [3.8, 4) is 0 Å². The highest BCUT2D eigenvalue weighted by molar-refractivity contribution is 6.33. The average Bonchev–Trinajstić information content (AvgIpc) is 3.11. The molecule has 0 radical (unpaired) electrons. The highest BCUT2D eigenvalue weighted by atomic mass is 35.5. The summed E-state index contributed by atoms with van der Waals surface area (Å²) in [4.78, 5) is 40.5. The van der Waals surface area contributed by atoms with E-state index in [0.717, 1.165) is 5.56 Å². The molecular formula is C21H23ClN6O2. The second-order valence-electron chi connectivity index (χ2n) is 6.84. The molecule has 1 unspecified atom stereocenters. The third-order valence-corrected chi connectivity index (χ3v) is 4.94. The van der Waals surface area contributed by atoms with Gasteiger partial charge in [0.15, 0.2) is 17.5 Å². The quantitative estimate of drug-likeness (QED) is 0.437. The van der Waals surface area contributed by atoms with Crippen LogP contribution in [0.15, 0.2) is 43.4 Å². The number of hydrogen-bond acceptors (Lipinski definition) is 6. The minimum absolute atomic E-state index is 0.353. The molecule has 30 heavy (non-hydrogen) atoms. The molecule has 2 aromatic heterocycles. The van der Waals surface area contributed by atoms with Crippen LogP contribution in [-0.2, 0) is 9.59 Å². The molecule has 0 spiro atoms. The van der Waals surface area contributed by atoms with Gasteiger partial charge in [-0.1, -0.05) is 23.7 Å². The van der Waals surface area contributed by atoms with Gasteiger partial charge in [-0.25, -0.2) is 9.97 Å². The highest BCUT2D eigenvalue weighted by Crippen LogP contribution is 2.25. The molecule has 1 N–H and O–H groups in total. The maximum atomic E-state index is 13.0. The smallest absolute Gasteiger partial charge is 0.255 e. The van der Waals surface area contributed by atoms with Crippen LogP contribution in [0.2, 0.25) is 5.02 Å². The number of nitrogens with zero attached hydrogens (tertiary/aromatic N) is 5. The number of carbonyl (C=O) groups excluding carboxylic acids is 2. The number of benzene rings is 1. The lowest BCUT2D eigenvalue weighted by Crippen LogP contribution is -2.31. The van der Waals surface area contributed by atoms with Crippen molar-refractivity contribution in [2.24, 2.45) is 0 Å². The summed E-state index contributed by atoms with van der Waals surface area (Å²) in [6.45, 7) is 10.2. The highest BCUT2D eigenvalue weighted by Gasteiger charge is 2.28. The fraction of sp³-hybridized carbons (Fsp3) is 0.286. The van der Waals surface area contributed by atoms with Crippen molar-refractivity contribution >= 4 is 46.1 Å². The SMILES string of the molecule is C=CCN(CC)c1ncc2ncn(C(C(C)=O)C(=O)Nc3cc(C)ccc3Cl)c2n1. The molecule has 0 aliphatic rings. The summed E-state index contributed by atoms with van der Waals surface area (Å²) in [5, 5.41) is 3.14. The van der Waals surface area contributed by atoms with E-state index in [1.807, 2.05) is 24.8 Å². The Morgan fingerprint density at radius 1 is 1.37 bits per heavy atom. The Morgan fingerprint density at radius 3 is 2.80 bits per heavy atom. The molecule has 1 aromatic carbocycles. The normalized spacial score (nSPS) is 11.9. The summed E-state index contributed by atoms with van der Waals surface area (Å²) >= 11 is 6.19. The topological polar surface area (TPSA) is 93.0 Å². The van der Waals surface area contributed by atoms with E-state index in [-0.39, 0.29) is 5.78 Å². The minimum Gasteiger partial charge on any atom is -0.337 e. The van der Waals surface area contributed by atoms with Crippen LogP contribution in [0.3, 0.4) is 0 Å². The number of halogens is 1. The average molecular weight is 427 g/mol. The molecule has 0 bridgehead atoms. The summed E-state index contributed by atoms with van der Waals surface area (Å²) in [6.07, 6.45) is 4.76. The molecule has 156 valence electrons. The monoisotopic (exact) mass is 426 g/mol. The van der Waals surface area contributed by atoms with Gasteiger partial charge in [0.2, 0.25) is 5.95 Å². The van der Waals surface area contributed by atoms with Crippen LogP contribution >= 0.6 is 11.6 Å². The minimum atomic E-state index is -1.15. The van der Waals surface area contributed by atoms with Crippen LogP contribution in [0.4, 0.5) is 11.6 Å². The van der Waals surface area contributed by atoms with E-state index in [1.54, 1.807) is 24.4 Å². The molecule has 9 heteroatoms. The predicted octanol–water partition coefficient (Wildman–Crippen LogP) is 3.57. The number of fused-ring (bicyclic) bond motifs is 1. The number of rotatable bonds is 8. The molecule has 1 atom stereocenters. The van der Waals surface area contributed by atoms with Gasteiger partial charge in [-0.05, 0) is 38.5 Å². The summed E-state index contributed by atoms with van der Waals surface area (Å²) in [5.74, 6) is -0.404. The second-order valence-corrected chi connectivity index (χ2v) is 7.25. The van der Waals surface area contributed by atoms with Crippen molar-refractivity contribution in [2.45, 2.75) is 26.8 Å². The Bertz CT molecular complexity index is 1110. The molecule has 0 aliphatic carbocycles. The fourth-order valence-electron chi connectivity index (χ4n) is 3.11. The van der Waals surface area contributed by atoms with Gasteiger partial charge in [-0.3, -0.25) is 14.2 Å². The molecule has 1 amide bonds. The first-order chi connectivity index (χ1) is 14.3. The number of amides is 1. The van der Waals surface area contributed by atoms with E-state index in [2.05, 4.69) is 26.8 Å². The van der Waals surface area contributed by atoms with Crippen molar-refractivity contribution in [3.63, 3.8) is 0 Å². The van der Waals surface area contributed by atoms with E-state index in [0.29, 0.717) is 40.9 Å². The third kappa shape index (κ3) is 4.33. The van der Waals surface area contributed by atoms with E-state index < -0.39 is 11.9 Å². The number of anilines is 2. The number of hydrogen-bond donors (Lipinski definition) is 1. The van der Waals surface area contributed by atoms with Gasteiger partial charge in [-0.2, -0.15) is 4.98 Å². The first-order valence-electron chi connectivity index (χ1n) is 9.48. The predicted molar refractivity (Wildman–Crippen MR) is 118 cm³/mol. The van der Waals surface area contributed by atoms with Crippen LogP contribution in [0.1, 0.15) is 25.5 Å². The molecule has 0 fully saturated rings. The number of aromatic nitrogens is 4. The standard InChI is InChI=1S/C21H23ClN6O2/c1-5-9-27(6-2)21-23-11-17-19(26-21)28(12-24-17)18(14(4)29)20(30)25-16-10-13(3)7-8-15(16)22/h5,7-8,10-12,18H,1,6,9H2,2-4H3,(H,25,30). The number of ketones is 1. The molecule has 0 saturated heterocycles. The maximum absolute atomic E-state index is 13.0. The van der Waals surface area contributed by atoms with Gasteiger partial charge < -0.3 is 10.2 Å². The molecule has 2 heterocycles. The van der Waals surface area contributed by atoms with Crippen LogP contribution in [0, 0.1) is 6.92 Å². The first kappa shape index (κ1) is 21.4. The van der Waals surface area contributed by atoms with E-state index in [4.69, 9.17) is 11.6 Å². The molecule has 8 nitrogen and oxygen atoms in total. The Labute approximate surface area is 179 Å². The summed E-state index contributed by atoms with van der Waals surface area (Å²) < 4.78 is 1.46. The Kier molecular flexibility index (Phi) is 6.47. The number of carbonyl (C=O) groups is 2. The van der Waals surface area contributed by atoms with Gasteiger partial charge in [0, 0.05) is 13.1 Å². The number of Topliss-reactive ketones (excluding diaryl/α,β-unsaturated/α-hetero) is 1. The molecule has 0 saturated carbocycles. The van der Waals surface area contributed by atoms with Crippen LogP contribution < -0.4 is 10.2 Å². The molecular weight excluding hydrogens is 404 g/mol. The van der Waals surface area contributed by atoms with Crippen molar-refractivity contribution < 1.29 is 9.59 Å². The zero-order valence-corrected chi connectivity index (χ0v) is 17.8. The summed E-state index contributed by atoms with van der Waals surface area (Å²) in [6, 6.07) is 4.13. The van der Waals surface area contributed by atoms with Crippen LogP contribution in [-0.4, -0.2) is 44.3 Å². The summed E-state index contributed by atoms with van der Waals surface area (Å²) in [7, 11) is 0. The molecule has 3 aromatic rings. The Balaban J connectivity index is 2.01. The van der Waals surface area contributed by atoms with Crippen molar-refractivity contribution in [1.82, 2.24) is 19.5 Å². The third-order valence-electron chi connectivity index (χ3n) is 4.61. The van der Waals surface area contributed by atoms with Crippen molar-refractivity contribution in [2.75, 3.05) is 23.3 Å². The number of likely N-dealkylation sites (N-methyl/N-ethyl adjacent to an activating group) is 1. The lowest BCUT2D eigenvalue weighted by Gasteiger charge is -2.20. The lowest BCUT2D eigenvalue weighted by atomic mass is 10.1. The summed E-state index contributed by atoms with van der Waals surface area (Å²) in [5.41, 5.74) is 2.26. The second kappa shape index (κ2) is 9.04. The number of nitrogens with one attached hydrogen (secondary N) is 1. The van der Waals surface area contributed by atoms with E-state index in [1.165, 1.54) is 17.8 Å². The number of aryl methyl sites for hydroxylation is 1. The van der Waals surface area contributed by atoms with Gasteiger partial charge in [-0.15, -0.1) is 6.58 Å². The Morgan fingerprint density at radius 2 is 2.13 bits per heavy atom. The fourth-order valence-corrected chi connectivity index (χ4v) is 3.27.